The number of ether oxygens (including phenoxy) is 3. The van der Waals surface area contributed by atoms with E-state index in [0.717, 1.165) is 17.9 Å². The minimum absolute atomic E-state index is 0. The third-order valence-corrected chi connectivity index (χ3v) is 4.21. The van der Waals surface area contributed by atoms with Crippen molar-refractivity contribution in [2.24, 2.45) is 0 Å². The number of halogens is 2. The molecule has 132 valence electrons. The second-order valence-electron chi connectivity index (χ2n) is 5.78. The molecule has 0 amide bonds. The Kier molecular flexibility index (Phi) is 7.07. The smallest absolute Gasteiger partial charge is 0.187 e. The van der Waals surface area contributed by atoms with Crippen LogP contribution in [0.4, 0.5) is 0 Å². The number of hydrogen-bond donors (Lipinski definition) is 0. The van der Waals surface area contributed by atoms with Crippen LogP contribution in [0.5, 0.6) is 0 Å². The van der Waals surface area contributed by atoms with Crippen molar-refractivity contribution in [2.75, 3.05) is 20.3 Å². The van der Waals surface area contributed by atoms with Gasteiger partial charge in [-0.25, -0.2) is 4.98 Å². The molecule has 2 atom stereocenters. The summed E-state index contributed by atoms with van der Waals surface area (Å²) in [7, 11) is 1.67. The molecule has 7 heteroatoms. The Labute approximate surface area is 153 Å². The molecule has 0 unspecified atom stereocenters. The van der Waals surface area contributed by atoms with Gasteiger partial charge < -0.3 is 18.8 Å². The first-order chi connectivity index (χ1) is 11.2. The van der Waals surface area contributed by atoms with Gasteiger partial charge in [0.2, 0.25) is 0 Å². The van der Waals surface area contributed by atoms with Crippen LogP contribution in [0.2, 0.25) is 5.02 Å². The Bertz CT molecular complexity index is 607. The number of rotatable bonds is 7. The van der Waals surface area contributed by atoms with Gasteiger partial charge in [0.1, 0.15) is 6.10 Å². The summed E-state index contributed by atoms with van der Waals surface area (Å²) in [6.07, 6.45) is 7.03. The van der Waals surface area contributed by atoms with Crippen LogP contribution >= 0.6 is 24.0 Å². The van der Waals surface area contributed by atoms with E-state index in [0.29, 0.717) is 19.8 Å². The average molecular weight is 373 g/mol. The SMILES string of the molecule is COC[C@H]1CO[C@@](CCc2ccc(Cl)cc2)(Cn2ccnc2)O1.Cl. The van der Waals surface area contributed by atoms with E-state index in [9.17, 15) is 0 Å². The lowest BCUT2D eigenvalue weighted by Crippen LogP contribution is -2.37. The second-order valence-corrected chi connectivity index (χ2v) is 6.21. The molecule has 0 radical (unpaired) electrons. The van der Waals surface area contributed by atoms with Crippen molar-refractivity contribution in [3.8, 4) is 0 Å². The first-order valence-corrected chi connectivity index (χ1v) is 8.08. The highest BCUT2D eigenvalue weighted by Crippen LogP contribution is 2.31. The molecule has 1 aliphatic heterocycles. The highest BCUT2D eigenvalue weighted by molar-refractivity contribution is 6.30. The van der Waals surface area contributed by atoms with Crippen LogP contribution in [0.25, 0.3) is 0 Å². The topological polar surface area (TPSA) is 45.5 Å². The van der Waals surface area contributed by atoms with Gasteiger partial charge in [-0.3, -0.25) is 0 Å². The Hall–Kier alpha value is -1.11. The Balaban J connectivity index is 0.00000208. The van der Waals surface area contributed by atoms with Crippen molar-refractivity contribution in [2.45, 2.75) is 31.3 Å². The molecular weight excluding hydrogens is 351 g/mol. The van der Waals surface area contributed by atoms with E-state index in [1.54, 1.807) is 19.6 Å². The predicted molar refractivity (Wildman–Crippen MR) is 94.7 cm³/mol. The van der Waals surface area contributed by atoms with E-state index < -0.39 is 5.79 Å². The summed E-state index contributed by atoms with van der Waals surface area (Å²) >= 11 is 5.94. The fourth-order valence-electron chi connectivity index (χ4n) is 2.82. The Morgan fingerprint density at radius 3 is 2.83 bits per heavy atom. The quantitative estimate of drug-likeness (QED) is 0.747. The van der Waals surface area contributed by atoms with Crippen molar-refractivity contribution in [1.29, 1.82) is 0 Å². The van der Waals surface area contributed by atoms with Gasteiger partial charge >= 0.3 is 0 Å². The number of benzene rings is 1. The lowest BCUT2D eigenvalue weighted by molar-refractivity contribution is -0.185. The number of methoxy groups -OCH3 is 1. The number of imidazole rings is 1. The number of aryl methyl sites for hydroxylation is 1. The summed E-state index contributed by atoms with van der Waals surface area (Å²) in [6, 6.07) is 7.89. The standard InChI is InChI=1S/C17H21ClN2O3.ClH/c1-21-10-16-11-22-17(23-16,12-20-9-8-19-13-20)7-6-14-2-4-15(18)5-3-14;/h2-5,8-9,13,16H,6-7,10-12H2,1H3;1H/t16-,17+;/m0./s1. The van der Waals surface area contributed by atoms with E-state index in [4.69, 9.17) is 25.8 Å². The van der Waals surface area contributed by atoms with E-state index in [-0.39, 0.29) is 18.5 Å². The minimum Gasteiger partial charge on any atom is -0.382 e. The first kappa shape index (κ1) is 19.2. The van der Waals surface area contributed by atoms with Crippen molar-refractivity contribution < 1.29 is 14.2 Å². The van der Waals surface area contributed by atoms with Gasteiger partial charge in [0, 0.05) is 30.9 Å². The molecule has 1 aromatic heterocycles. The summed E-state index contributed by atoms with van der Waals surface area (Å²) in [6.45, 7) is 1.69. The van der Waals surface area contributed by atoms with Crippen LogP contribution in [0, 0.1) is 0 Å². The van der Waals surface area contributed by atoms with Gasteiger partial charge in [-0.05, 0) is 24.1 Å². The third-order valence-electron chi connectivity index (χ3n) is 3.96. The molecule has 5 nitrogen and oxygen atoms in total. The zero-order valence-electron chi connectivity index (χ0n) is 13.6. The highest BCUT2D eigenvalue weighted by atomic mass is 35.5. The van der Waals surface area contributed by atoms with Crippen LogP contribution < -0.4 is 0 Å². The number of aromatic nitrogens is 2. The molecule has 1 saturated heterocycles. The van der Waals surface area contributed by atoms with Crippen LogP contribution in [-0.2, 0) is 27.2 Å². The van der Waals surface area contributed by atoms with Gasteiger partial charge in [-0.2, -0.15) is 0 Å². The van der Waals surface area contributed by atoms with Gasteiger partial charge in [0.25, 0.3) is 0 Å². The maximum atomic E-state index is 6.19. The molecule has 2 heterocycles. The highest BCUT2D eigenvalue weighted by Gasteiger charge is 2.41. The van der Waals surface area contributed by atoms with Gasteiger partial charge in [0.15, 0.2) is 5.79 Å². The van der Waals surface area contributed by atoms with Gasteiger partial charge in [-0.15, -0.1) is 12.4 Å². The molecule has 0 aliphatic carbocycles. The largest absolute Gasteiger partial charge is 0.382 e. The maximum Gasteiger partial charge on any atom is 0.187 e. The molecule has 1 aliphatic rings. The van der Waals surface area contributed by atoms with Crippen molar-refractivity contribution in [3.05, 3.63) is 53.6 Å². The molecule has 0 bridgehead atoms. The zero-order valence-corrected chi connectivity index (χ0v) is 15.1. The maximum absolute atomic E-state index is 6.19. The summed E-state index contributed by atoms with van der Waals surface area (Å²) in [4.78, 5) is 4.09. The van der Waals surface area contributed by atoms with Gasteiger partial charge in [-0.1, -0.05) is 23.7 Å². The van der Waals surface area contributed by atoms with E-state index in [1.807, 2.05) is 35.0 Å². The minimum atomic E-state index is -0.649. The van der Waals surface area contributed by atoms with Crippen LogP contribution in [0.15, 0.2) is 43.0 Å². The molecule has 1 aromatic carbocycles. The fraction of sp³-hybridized carbons (Fsp3) is 0.471. The molecule has 2 aromatic rings. The molecule has 0 N–H and O–H groups in total. The normalized spacial score (nSPS) is 23.2. The first-order valence-electron chi connectivity index (χ1n) is 7.70. The molecule has 24 heavy (non-hydrogen) atoms. The van der Waals surface area contributed by atoms with Crippen LogP contribution in [0.3, 0.4) is 0 Å². The summed E-state index contributed by atoms with van der Waals surface area (Å²) in [5, 5.41) is 0.746. The van der Waals surface area contributed by atoms with Crippen molar-refractivity contribution in [1.82, 2.24) is 9.55 Å². The molecule has 0 saturated carbocycles. The van der Waals surface area contributed by atoms with Crippen molar-refractivity contribution >= 4 is 24.0 Å². The number of hydrogen-bond acceptors (Lipinski definition) is 4. The predicted octanol–water partition coefficient (Wildman–Crippen LogP) is 3.35. The summed E-state index contributed by atoms with van der Waals surface area (Å²) in [5.74, 6) is -0.649. The lowest BCUT2D eigenvalue weighted by atomic mass is 10.0. The molecule has 0 spiro atoms. The Morgan fingerprint density at radius 2 is 2.17 bits per heavy atom. The zero-order chi connectivity index (χ0) is 16.1. The van der Waals surface area contributed by atoms with Crippen molar-refractivity contribution in [3.63, 3.8) is 0 Å². The molecular formula is C17H22Cl2N2O3. The van der Waals surface area contributed by atoms with E-state index in [1.165, 1.54) is 5.56 Å². The monoisotopic (exact) mass is 372 g/mol. The molecule has 3 rings (SSSR count). The van der Waals surface area contributed by atoms with E-state index in [2.05, 4.69) is 4.98 Å². The lowest BCUT2D eigenvalue weighted by Gasteiger charge is -2.28. The number of nitrogens with zero attached hydrogens (tertiary/aromatic N) is 2. The third kappa shape index (κ3) is 4.94. The van der Waals surface area contributed by atoms with Crippen LogP contribution in [0.1, 0.15) is 12.0 Å². The Morgan fingerprint density at radius 1 is 1.38 bits per heavy atom. The summed E-state index contributed by atoms with van der Waals surface area (Å²) < 4.78 is 19.4. The van der Waals surface area contributed by atoms with Gasteiger partial charge in [0.05, 0.1) is 26.1 Å². The molecule has 1 fully saturated rings. The second kappa shape index (κ2) is 8.83. The average Bonchev–Trinajstić information content (AvgIpc) is 3.18. The summed E-state index contributed by atoms with van der Waals surface area (Å²) in [5.41, 5.74) is 1.21. The van der Waals surface area contributed by atoms with E-state index >= 15 is 0 Å². The van der Waals surface area contributed by atoms with Crippen LogP contribution in [-0.4, -0.2) is 41.8 Å². The fourth-order valence-corrected chi connectivity index (χ4v) is 2.95.